The summed E-state index contributed by atoms with van der Waals surface area (Å²) < 4.78 is 10.1. The molecule has 12 nitrogen and oxygen atoms in total. The van der Waals surface area contributed by atoms with Gasteiger partial charge in [0, 0.05) is 11.8 Å². The lowest BCUT2D eigenvalue weighted by Crippen LogP contribution is -2.41. The lowest BCUT2D eigenvalue weighted by atomic mass is 9.73. The molecule has 0 heterocycles. The van der Waals surface area contributed by atoms with E-state index in [9.17, 15) is 44.7 Å². The van der Waals surface area contributed by atoms with Gasteiger partial charge in [0.05, 0.1) is 23.7 Å². The smallest absolute Gasteiger partial charge is 0.309 e. The van der Waals surface area contributed by atoms with Crippen LogP contribution in [-0.4, -0.2) is 80.3 Å². The molecule has 12 heteroatoms. The van der Waals surface area contributed by atoms with E-state index in [0.717, 1.165) is 0 Å². The molecule has 0 radical (unpaired) electrons. The first kappa shape index (κ1) is 26.0. The van der Waals surface area contributed by atoms with E-state index < -0.39 is 72.0 Å². The predicted molar refractivity (Wildman–Crippen MR) is 102 cm³/mol. The summed E-state index contributed by atoms with van der Waals surface area (Å²) in [5.41, 5.74) is 0. The van der Waals surface area contributed by atoms with Crippen LogP contribution in [0.25, 0.3) is 0 Å². The highest BCUT2D eigenvalue weighted by Gasteiger charge is 2.42. The number of hydrogen-bond acceptors (Lipinski definition) is 10. The van der Waals surface area contributed by atoms with E-state index in [1.54, 1.807) is 0 Å². The molecule has 32 heavy (non-hydrogen) atoms. The maximum absolute atomic E-state index is 12.2. The third-order valence-electron chi connectivity index (χ3n) is 6.44. The summed E-state index contributed by atoms with van der Waals surface area (Å²) in [6.07, 6.45) is -2.99. The lowest BCUT2D eigenvalue weighted by molar-refractivity contribution is -0.183. The third-order valence-corrected chi connectivity index (χ3v) is 6.44. The predicted octanol–water partition coefficient (Wildman–Crippen LogP) is -1.07. The Morgan fingerprint density at radius 1 is 0.656 bits per heavy atom. The summed E-state index contributed by atoms with van der Waals surface area (Å²) in [4.78, 5) is 46.9. The zero-order valence-corrected chi connectivity index (χ0v) is 17.4. The Balaban J connectivity index is 1.76. The van der Waals surface area contributed by atoms with Gasteiger partial charge in [0.15, 0.2) is 12.6 Å². The van der Waals surface area contributed by atoms with Gasteiger partial charge in [-0.1, -0.05) is 0 Å². The SMILES string of the molecule is O=C(OCCOC(=O)C1CCC(C(O)O)C(C(O)O)C1)C1CCC(C(=O)O)C(C(=O)O)C1. The number of aliphatic carboxylic acids is 2. The average molecular weight is 462 g/mol. The van der Waals surface area contributed by atoms with Crippen molar-refractivity contribution in [1.29, 1.82) is 0 Å². The Morgan fingerprint density at radius 3 is 1.59 bits per heavy atom. The molecule has 6 N–H and O–H groups in total. The fourth-order valence-electron chi connectivity index (χ4n) is 4.63. The van der Waals surface area contributed by atoms with Crippen LogP contribution in [-0.2, 0) is 28.7 Å². The zero-order chi connectivity index (χ0) is 24.0. The number of carboxylic acids is 2. The average Bonchev–Trinajstić information content (AvgIpc) is 2.75. The van der Waals surface area contributed by atoms with Crippen molar-refractivity contribution in [2.75, 3.05) is 13.2 Å². The summed E-state index contributed by atoms with van der Waals surface area (Å²) >= 11 is 0. The Bertz CT molecular complexity index is 690. The molecule has 0 aromatic carbocycles. The van der Waals surface area contributed by atoms with Crippen molar-refractivity contribution in [3.8, 4) is 0 Å². The van der Waals surface area contributed by atoms with Crippen LogP contribution in [0.3, 0.4) is 0 Å². The van der Waals surface area contributed by atoms with Gasteiger partial charge in [-0.05, 0) is 38.5 Å². The number of rotatable bonds is 9. The van der Waals surface area contributed by atoms with Gasteiger partial charge in [0.25, 0.3) is 0 Å². The van der Waals surface area contributed by atoms with Crippen LogP contribution in [0.15, 0.2) is 0 Å². The monoisotopic (exact) mass is 462 g/mol. The summed E-state index contributed by atoms with van der Waals surface area (Å²) in [6, 6.07) is 0. The first-order chi connectivity index (χ1) is 15.0. The van der Waals surface area contributed by atoms with Crippen LogP contribution in [0, 0.1) is 35.5 Å². The van der Waals surface area contributed by atoms with Gasteiger partial charge >= 0.3 is 23.9 Å². The maximum atomic E-state index is 12.2. The molecule has 0 amide bonds. The molecule has 2 rings (SSSR count). The largest absolute Gasteiger partial charge is 0.481 e. The van der Waals surface area contributed by atoms with E-state index in [4.69, 9.17) is 14.6 Å². The molecule has 6 unspecified atom stereocenters. The minimum atomic E-state index is -1.82. The molecule has 0 aliphatic heterocycles. The van der Waals surface area contributed by atoms with Crippen molar-refractivity contribution < 1.29 is 59.3 Å². The normalized spacial score (nSPS) is 30.7. The molecule has 2 saturated carbocycles. The number of carbonyl (C=O) groups is 4. The third kappa shape index (κ3) is 6.61. The van der Waals surface area contributed by atoms with E-state index in [-0.39, 0.29) is 51.7 Å². The van der Waals surface area contributed by atoms with Crippen LogP contribution in [0.1, 0.15) is 38.5 Å². The summed E-state index contributed by atoms with van der Waals surface area (Å²) in [7, 11) is 0. The standard InChI is InChI=1S/C20H30O12/c21-15(22)11-3-1-9(7-13(11)17(25)26)19(29)31-5-6-32-20(30)10-2-4-12(16(23)24)14(8-10)18(27)28/h9-15,17,21-22,25-26H,1-8H2,(H,23,24)(H,27,28). The molecule has 0 spiro atoms. The minimum Gasteiger partial charge on any atom is -0.481 e. The minimum absolute atomic E-state index is 0.00195. The Hall–Kier alpha value is -2.28. The van der Waals surface area contributed by atoms with Gasteiger partial charge in [-0.15, -0.1) is 0 Å². The van der Waals surface area contributed by atoms with Gasteiger partial charge < -0.3 is 40.1 Å². The van der Waals surface area contributed by atoms with Gasteiger partial charge in [0.1, 0.15) is 13.2 Å². The van der Waals surface area contributed by atoms with Crippen molar-refractivity contribution >= 4 is 23.9 Å². The van der Waals surface area contributed by atoms with Crippen LogP contribution in [0.2, 0.25) is 0 Å². The van der Waals surface area contributed by atoms with Gasteiger partial charge in [-0.25, -0.2) is 0 Å². The molecule has 182 valence electrons. The van der Waals surface area contributed by atoms with Crippen LogP contribution in [0.5, 0.6) is 0 Å². The van der Waals surface area contributed by atoms with E-state index in [1.807, 2.05) is 0 Å². The van der Waals surface area contributed by atoms with Crippen molar-refractivity contribution in [2.24, 2.45) is 35.5 Å². The second-order valence-electron chi connectivity index (χ2n) is 8.40. The Morgan fingerprint density at radius 2 is 1.12 bits per heavy atom. The number of aliphatic hydroxyl groups is 4. The number of carbonyl (C=O) groups excluding carboxylic acids is 2. The highest BCUT2D eigenvalue weighted by Crippen LogP contribution is 2.38. The van der Waals surface area contributed by atoms with Gasteiger partial charge in [-0.3, -0.25) is 19.2 Å². The molecule has 2 aliphatic rings. The van der Waals surface area contributed by atoms with Crippen LogP contribution >= 0.6 is 0 Å². The zero-order valence-electron chi connectivity index (χ0n) is 17.4. The molecule has 0 aromatic rings. The number of hydrogen-bond donors (Lipinski definition) is 6. The summed E-state index contributed by atoms with van der Waals surface area (Å²) in [5.74, 6) is -9.15. The Labute approximate surface area is 183 Å². The van der Waals surface area contributed by atoms with Crippen LogP contribution in [0.4, 0.5) is 0 Å². The van der Waals surface area contributed by atoms with E-state index in [0.29, 0.717) is 0 Å². The molecular weight excluding hydrogens is 432 g/mol. The second kappa shape index (κ2) is 11.5. The summed E-state index contributed by atoms with van der Waals surface area (Å²) in [6.45, 7) is -0.524. The topological polar surface area (TPSA) is 208 Å². The molecule has 0 bridgehead atoms. The quantitative estimate of drug-likeness (QED) is 0.137. The molecule has 6 atom stereocenters. The van der Waals surface area contributed by atoms with Crippen molar-refractivity contribution in [1.82, 2.24) is 0 Å². The highest BCUT2D eigenvalue weighted by molar-refractivity contribution is 5.82. The molecule has 2 fully saturated rings. The lowest BCUT2D eigenvalue weighted by Gasteiger charge is -2.36. The van der Waals surface area contributed by atoms with Crippen molar-refractivity contribution in [3.05, 3.63) is 0 Å². The second-order valence-corrected chi connectivity index (χ2v) is 8.40. The maximum Gasteiger partial charge on any atom is 0.309 e. The molecular formula is C20H30O12. The van der Waals surface area contributed by atoms with E-state index >= 15 is 0 Å². The number of carboxylic acid groups (broad SMARTS) is 2. The first-order valence-corrected chi connectivity index (χ1v) is 10.5. The van der Waals surface area contributed by atoms with Crippen molar-refractivity contribution in [3.63, 3.8) is 0 Å². The first-order valence-electron chi connectivity index (χ1n) is 10.5. The number of esters is 2. The molecule has 0 saturated heterocycles. The van der Waals surface area contributed by atoms with Gasteiger partial charge in [-0.2, -0.15) is 0 Å². The van der Waals surface area contributed by atoms with Crippen molar-refractivity contribution in [2.45, 2.75) is 51.1 Å². The van der Waals surface area contributed by atoms with Crippen LogP contribution < -0.4 is 0 Å². The highest BCUT2D eigenvalue weighted by atomic mass is 16.6. The number of aliphatic hydroxyl groups excluding tert-OH is 2. The fraction of sp³-hybridized carbons (Fsp3) is 0.800. The summed E-state index contributed by atoms with van der Waals surface area (Å²) in [5, 5.41) is 55.9. The fourth-order valence-corrected chi connectivity index (χ4v) is 4.63. The van der Waals surface area contributed by atoms with Gasteiger partial charge in [0.2, 0.25) is 0 Å². The molecule has 2 aliphatic carbocycles. The Kier molecular flexibility index (Phi) is 9.37. The van der Waals surface area contributed by atoms with E-state index in [1.165, 1.54) is 0 Å². The van der Waals surface area contributed by atoms with E-state index in [2.05, 4.69) is 0 Å². The number of ether oxygens (including phenoxy) is 2. The molecule has 0 aromatic heterocycles.